The smallest absolute Gasteiger partial charge is 0.251 e. The van der Waals surface area contributed by atoms with Crippen LogP contribution in [-0.4, -0.2) is 29.5 Å². The SMILES string of the molecule is CN(CCc1ccncc1)c1cc(C(=O)NCc2ccccc2Cl)ccn1. The Morgan fingerprint density at radius 3 is 2.67 bits per heavy atom. The third-order valence-electron chi connectivity index (χ3n) is 4.28. The van der Waals surface area contributed by atoms with E-state index < -0.39 is 0 Å². The van der Waals surface area contributed by atoms with Crippen molar-refractivity contribution in [1.29, 1.82) is 0 Å². The Morgan fingerprint density at radius 1 is 1.11 bits per heavy atom. The standard InChI is InChI=1S/C21H21ClN4O/c1-26(13-9-16-6-10-23-11-7-16)20-14-17(8-12-24-20)21(27)25-15-18-4-2-3-5-19(18)22/h2-8,10-12,14H,9,13,15H2,1H3,(H,25,27). The van der Waals surface area contributed by atoms with Gasteiger partial charge in [-0.3, -0.25) is 9.78 Å². The van der Waals surface area contributed by atoms with E-state index in [0.29, 0.717) is 17.1 Å². The summed E-state index contributed by atoms with van der Waals surface area (Å²) in [6, 6.07) is 15.0. The lowest BCUT2D eigenvalue weighted by molar-refractivity contribution is 0.0951. The molecule has 0 atom stereocenters. The van der Waals surface area contributed by atoms with Gasteiger partial charge in [-0.1, -0.05) is 29.8 Å². The normalized spacial score (nSPS) is 10.4. The molecule has 138 valence electrons. The summed E-state index contributed by atoms with van der Waals surface area (Å²) in [5.74, 6) is 0.607. The Morgan fingerprint density at radius 2 is 1.89 bits per heavy atom. The van der Waals surface area contributed by atoms with Crippen molar-refractivity contribution in [2.75, 3.05) is 18.5 Å². The minimum absolute atomic E-state index is 0.152. The Balaban J connectivity index is 1.60. The number of hydrogen-bond donors (Lipinski definition) is 1. The molecule has 0 spiro atoms. The van der Waals surface area contributed by atoms with Gasteiger partial charge in [0.15, 0.2) is 0 Å². The second kappa shape index (κ2) is 9.14. The van der Waals surface area contributed by atoms with Crippen LogP contribution in [0.25, 0.3) is 0 Å². The molecule has 0 aliphatic heterocycles. The average molecular weight is 381 g/mol. The number of likely N-dealkylation sites (N-methyl/N-ethyl adjacent to an activating group) is 1. The third kappa shape index (κ3) is 5.28. The van der Waals surface area contributed by atoms with Gasteiger partial charge in [-0.2, -0.15) is 0 Å². The molecule has 5 nitrogen and oxygen atoms in total. The molecule has 0 unspecified atom stereocenters. The maximum atomic E-state index is 12.5. The summed E-state index contributed by atoms with van der Waals surface area (Å²) in [5.41, 5.74) is 2.67. The van der Waals surface area contributed by atoms with E-state index in [1.165, 1.54) is 5.56 Å². The molecule has 6 heteroatoms. The van der Waals surface area contributed by atoms with Crippen LogP contribution < -0.4 is 10.2 Å². The minimum Gasteiger partial charge on any atom is -0.359 e. The van der Waals surface area contributed by atoms with Crippen molar-refractivity contribution in [2.45, 2.75) is 13.0 Å². The molecule has 0 saturated carbocycles. The number of amides is 1. The predicted molar refractivity (Wildman–Crippen MR) is 108 cm³/mol. The summed E-state index contributed by atoms with van der Waals surface area (Å²) in [5, 5.41) is 3.55. The highest BCUT2D eigenvalue weighted by Crippen LogP contribution is 2.15. The highest BCUT2D eigenvalue weighted by Gasteiger charge is 2.10. The fourth-order valence-corrected chi connectivity index (χ4v) is 2.85. The number of aromatic nitrogens is 2. The molecule has 0 bridgehead atoms. The van der Waals surface area contributed by atoms with Crippen molar-refractivity contribution in [3.63, 3.8) is 0 Å². The number of pyridine rings is 2. The van der Waals surface area contributed by atoms with Crippen LogP contribution in [0.1, 0.15) is 21.5 Å². The van der Waals surface area contributed by atoms with E-state index in [1.807, 2.05) is 48.3 Å². The van der Waals surface area contributed by atoms with Crippen molar-refractivity contribution in [1.82, 2.24) is 15.3 Å². The Bertz CT molecular complexity index is 901. The van der Waals surface area contributed by atoms with Gasteiger partial charge in [0.25, 0.3) is 5.91 Å². The van der Waals surface area contributed by atoms with E-state index in [4.69, 9.17) is 11.6 Å². The van der Waals surface area contributed by atoms with Crippen LogP contribution in [0.4, 0.5) is 5.82 Å². The molecule has 0 fully saturated rings. The number of hydrogen-bond acceptors (Lipinski definition) is 4. The second-order valence-corrected chi connectivity index (χ2v) is 6.61. The summed E-state index contributed by atoms with van der Waals surface area (Å²) in [6.07, 6.45) is 6.11. The number of benzene rings is 1. The van der Waals surface area contributed by atoms with E-state index in [2.05, 4.69) is 15.3 Å². The largest absolute Gasteiger partial charge is 0.359 e. The number of nitrogens with one attached hydrogen (secondary N) is 1. The number of halogens is 1. The quantitative estimate of drug-likeness (QED) is 0.678. The fraction of sp³-hybridized carbons (Fsp3) is 0.190. The van der Waals surface area contributed by atoms with Crippen LogP contribution in [0.5, 0.6) is 0 Å². The molecular weight excluding hydrogens is 360 g/mol. The number of carbonyl (C=O) groups excluding carboxylic acids is 1. The first-order chi connectivity index (χ1) is 13.1. The summed E-state index contributed by atoms with van der Waals surface area (Å²) in [7, 11) is 1.97. The Labute approximate surface area is 164 Å². The van der Waals surface area contributed by atoms with Gasteiger partial charge in [0.1, 0.15) is 5.82 Å². The van der Waals surface area contributed by atoms with Crippen molar-refractivity contribution in [3.8, 4) is 0 Å². The zero-order valence-electron chi connectivity index (χ0n) is 15.1. The molecule has 1 amide bonds. The summed E-state index contributed by atoms with van der Waals surface area (Å²) >= 11 is 6.13. The Kier molecular flexibility index (Phi) is 6.39. The van der Waals surface area contributed by atoms with Gasteiger partial charge in [-0.25, -0.2) is 4.98 Å². The lowest BCUT2D eigenvalue weighted by Crippen LogP contribution is -2.25. The van der Waals surface area contributed by atoms with Crippen LogP contribution in [0.15, 0.2) is 67.1 Å². The maximum Gasteiger partial charge on any atom is 0.251 e. The molecule has 0 saturated heterocycles. The first kappa shape index (κ1) is 18.9. The van der Waals surface area contributed by atoms with Gasteiger partial charge >= 0.3 is 0 Å². The minimum atomic E-state index is -0.152. The van der Waals surface area contributed by atoms with Gasteiger partial charge in [0, 0.05) is 49.3 Å². The molecule has 1 N–H and O–H groups in total. The van der Waals surface area contributed by atoms with Crippen molar-refractivity contribution in [3.05, 3.63) is 88.8 Å². The highest BCUT2D eigenvalue weighted by molar-refractivity contribution is 6.31. The van der Waals surface area contributed by atoms with Gasteiger partial charge in [-0.05, 0) is 47.9 Å². The van der Waals surface area contributed by atoms with Gasteiger partial charge < -0.3 is 10.2 Å². The third-order valence-corrected chi connectivity index (χ3v) is 4.65. The first-order valence-corrected chi connectivity index (χ1v) is 9.09. The van der Waals surface area contributed by atoms with E-state index in [9.17, 15) is 4.79 Å². The molecule has 0 radical (unpaired) electrons. The zero-order valence-corrected chi connectivity index (χ0v) is 15.9. The molecule has 3 aromatic rings. The number of nitrogens with zero attached hydrogens (tertiary/aromatic N) is 3. The maximum absolute atomic E-state index is 12.5. The van der Waals surface area contributed by atoms with Crippen LogP contribution in [0.2, 0.25) is 5.02 Å². The van der Waals surface area contributed by atoms with Crippen LogP contribution in [0, 0.1) is 0 Å². The lowest BCUT2D eigenvalue weighted by atomic mass is 10.2. The molecule has 0 aliphatic rings. The number of carbonyl (C=O) groups is 1. The molecule has 2 heterocycles. The Hall–Kier alpha value is -2.92. The number of rotatable bonds is 7. The highest BCUT2D eigenvalue weighted by atomic mass is 35.5. The van der Waals surface area contributed by atoms with E-state index in [1.54, 1.807) is 30.7 Å². The van der Waals surface area contributed by atoms with Crippen molar-refractivity contribution >= 4 is 23.3 Å². The van der Waals surface area contributed by atoms with Gasteiger partial charge in [-0.15, -0.1) is 0 Å². The first-order valence-electron chi connectivity index (χ1n) is 8.71. The average Bonchev–Trinajstić information content (AvgIpc) is 2.72. The lowest BCUT2D eigenvalue weighted by Gasteiger charge is -2.18. The molecule has 27 heavy (non-hydrogen) atoms. The van der Waals surface area contributed by atoms with Crippen molar-refractivity contribution < 1.29 is 4.79 Å². The topological polar surface area (TPSA) is 58.1 Å². The molecular formula is C21H21ClN4O. The molecule has 1 aromatic carbocycles. The van der Waals surface area contributed by atoms with E-state index >= 15 is 0 Å². The monoisotopic (exact) mass is 380 g/mol. The summed E-state index contributed by atoms with van der Waals surface area (Å²) < 4.78 is 0. The molecule has 0 aliphatic carbocycles. The van der Waals surface area contributed by atoms with Crippen LogP contribution in [-0.2, 0) is 13.0 Å². The fourth-order valence-electron chi connectivity index (χ4n) is 2.65. The van der Waals surface area contributed by atoms with Crippen molar-refractivity contribution in [2.24, 2.45) is 0 Å². The molecule has 3 rings (SSSR count). The van der Waals surface area contributed by atoms with Crippen LogP contribution >= 0.6 is 11.6 Å². The zero-order chi connectivity index (χ0) is 19.1. The van der Waals surface area contributed by atoms with E-state index in [0.717, 1.165) is 24.3 Å². The summed E-state index contributed by atoms with van der Waals surface area (Å²) in [4.78, 5) is 22.9. The predicted octanol–water partition coefficient (Wildman–Crippen LogP) is 3.74. The number of anilines is 1. The van der Waals surface area contributed by atoms with E-state index in [-0.39, 0.29) is 5.91 Å². The van der Waals surface area contributed by atoms with Crippen LogP contribution in [0.3, 0.4) is 0 Å². The second-order valence-electron chi connectivity index (χ2n) is 6.20. The molecule has 2 aromatic heterocycles. The summed E-state index contributed by atoms with van der Waals surface area (Å²) in [6.45, 7) is 1.18. The van der Waals surface area contributed by atoms with Gasteiger partial charge in [0.2, 0.25) is 0 Å². The van der Waals surface area contributed by atoms with Gasteiger partial charge in [0.05, 0.1) is 0 Å².